The molecule has 0 saturated carbocycles. The minimum atomic E-state index is -0.573. The van der Waals surface area contributed by atoms with Crippen molar-refractivity contribution in [2.75, 3.05) is 0 Å². The number of hydrogen-bond donors (Lipinski definition) is 3. The van der Waals surface area contributed by atoms with E-state index in [4.69, 9.17) is 5.73 Å². The zero-order chi connectivity index (χ0) is 13.9. The van der Waals surface area contributed by atoms with Crippen LogP contribution >= 0.6 is 44.3 Å². The lowest BCUT2D eigenvalue weighted by Gasteiger charge is -2.21. The zero-order valence-corrected chi connectivity index (χ0v) is 14.9. The number of rotatable bonds is 5. The fourth-order valence-corrected chi connectivity index (χ4v) is 2.91. The Kier molecular flexibility index (Phi) is 8.56. The van der Waals surface area contributed by atoms with E-state index in [-0.39, 0.29) is 18.2 Å². The number of halogens is 3. The van der Waals surface area contributed by atoms with Crippen LogP contribution in [-0.4, -0.2) is 16.3 Å². The second-order valence-electron chi connectivity index (χ2n) is 4.90. The molecule has 6 heteroatoms. The van der Waals surface area contributed by atoms with E-state index in [9.17, 15) is 10.2 Å². The van der Waals surface area contributed by atoms with Gasteiger partial charge in [0.15, 0.2) is 0 Å². The summed E-state index contributed by atoms with van der Waals surface area (Å²) in [5.74, 6) is 0.688. The molecule has 1 aromatic rings. The van der Waals surface area contributed by atoms with E-state index < -0.39 is 12.1 Å². The van der Waals surface area contributed by atoms with Crippen LogP contribution in [0.15, 0.2) is 21.1 Å². The molecule has 0 amide bonds. The fourth-order valence-electron chi connectivity index (χ4n) is 1.68. The van der Waals surface area contributed by atoms with Gasteiger partial charge in [0, 0.05) is 0 Å². The Hall–Kier alpha value is 0.190. The number of aliphatic hydroxyl groups is 1. The first-order valence-corrected chi connectivity index (χ1v) is 7.53. The highest BCUT2D eigenvalue weighted by Gasteiger charge is 2.19. The molecule has 2 atom stereocenters. The molecule has 0 spiro atoms. The molecule has 0 aromatic heterocycles. The second-order valence-corrected chi connectivity index (χ2v) is 6.61. The summed E-state index contributed by atoms with van der Waals surface area (Å²) < 4.78 is 1.14. The van der Waals surface area contributed by atoms with Crippen molar-refractivity contribution in [1.82, 2.24) is 0 Å². The van der Waals surface area contributed by atoms with Gasteiger partial charge in [-0.25, -0.2) is 0 Å². The van der Waals surface area contributed by atoms with Crippen molar-refractivity contribution in [2.45, 2.75) is 38.8 Å². The highest BCUT2D eigenvalue weighted by atomic mass is 79.9. The Morgan fingerprint density at radius 2 is 1.63 bits per heavy atom. The van der Waals surface area contributed by atoms with Crippen LogP contribution < -0.4 is 5.73 Å². The summed E-state index contributed by atoms with van der Waals surface area (Å²) >= 11 is 6.52. The second kappa shape index (κ2) is 8.47. The standard InChI is InChI=1S/C13H19Br2NO2.ClH/c1-7(2)3-4-11(17)12(16)8-5-9(14)13(18)10(15)6-8;/h5-7,11-12,17-18H,3-4,16H2,1-2H3;1H/t11-,12+;/m1./s1. The number of nitrogens with two attached hydrogens (primary N) is 1. The molecule has 3 nitrogen and oxygen atoms in total. The van der Waals surface area contributed by atoms with Gasteiger partial charge in [-0.05, 0) is 68.3 Å². The minimum Gasteiger partial charge on any atom is -0.506 e. The summed E-state index contributed by atoms with van der Waals surface area (Å²) in [5, 5.41) is 19.7. The molecule has 0 fully saturated rings. The van der Waals surface area contributed by atoms with Gasteiger partial charge in [0.2, 0.25) is 0 Å². The van der Waals surface area contributed by atoms with Crippen LogP contribution in [0.2, 0.25) is 0 Å². The Morgan fingerprint density at radius 1 is 1.16 bits per heavy atom. The quantitative estimate of drug-likeness (QED) is 0.675. The molecule has 0 saturated heterocycles. The molecular formula is C13H20Br2ClNO2. The molecule has 0 unspecified atom stereocenters. The van der Waals surface area contributed by atoms with Crippen LogP contribution in [0.3, 0.4) is 0 Å². The van der Waals surface area contributed by atoms with E-state index in [1.807, 2.05) is 0 Å². The first-order chi connectivity index (χ1) is 8.32. The van der Waals surface area contributed by atoms with Crippen molar-refractivity contribution in [2.24, 2.45) is 11.7 Å². The van der Waals surface area contributed by atoms with Gasteiger partial charge in [-0.1, -0.05) is 13.8 Å². The van der Waals surface area contributed by atoms with Gasteiger partial charge in [0.05, 0.1) is 21.1 Å². The third-order valence-electron chi connectivity index (χ3n) is 2.88. The van der Waals surface area contributed by atoms with Crippen molar-refractivity contribution in [3.05, 3.63) is 26.6 Å². The smallest absolute Gasteiger partial charge is 0.143 e. The van der Waals surface area contributed by atoms with Gasteiger partial charge in [-0.15, -0.1) is 12.4 Å². The molecule has 19 heavy (non-hydrogen) atoms. The van der Waals surface area contributed by atoms with E-state index in [1.54, 1.807) is 12.1 Å². The first-order valence-electron chi connectivity index (χ1n) is 5.94. The number of phenolic OH excluding ortho intramolecular Hbond substituents is 1. The highest BCUT2D eigenvalue weighted by Crippen LogP contribution is 2.35. The zero-order valence-electron chi connectivity index (χ0n) is 10.9. The lowest BCUT2D eigenvalue weighted by atomic mass is 9.96. The maximum absolute atomic E-state index is 10.1. The van der Waals surface area contributed by atoms with Crippen molar-refractivity contribution >= 4 is 44.3 Å². The molecule has 0 aliphatic rings. The van der Waals surface area contributed by atoms with E-state index in [1.165, 1.54) is 0 Å². The first kappa shape index (κ1) is 19.2. The van der Waals surface area contributed by atoms with Crippen molar-refractivity contribution < 1.29 is 10.2 Å². The maximum Gasteiger partial charge on any atom is 0.143 e. The predicted octanol–water partition coefficient (Wildman–Crippen LogP) is 4.14. The molecule has 0 heterocycles. The molecule has 0 aliphatic carbocycles. The number of aliphatic hydroxyl groups excluding tert-OH is 1. The highest BCUT2D eigenvalue weighted by molar-refractivity contribution is 9.11. The average Bonchev–Trinajstić information content (AvgIpc) is 2.31. The van der Waals surface area contributed by atoms with Crippen LogP contribution in [-0.2, 0) is 0 Å². The van der Waals surface area contributed by atoms with Crippen LogP contribution in [0.1, 0.15) is 38.3 Å². The summed E-state index contributed by atoms with van der Waals surface area (Å²) in [5.41, 5.74) is 6.83. The fraction of sp³-hybridized carbons (Fsp3) is 0.538. The van der Waals surface area contributed by atoms with E-state index in [0.29, 0.717) is 21.3 Å². The third kappa shape index (κ3) is 5.60. The number of aromatic hydroxyl groups is 1. The lowest BCUT2D eigenvalue weighted by Crippen LogP contribution is -2.26. The Balaban J connectivity index is 0.00000324. The SMILES string of the molecule is CC(C)CC[C@@H](O)[C@@H](N)c1cc(Br)c(O)c(Br)c1.Cl. The molecular weight excluding hydrogens is 397 g/mol. The van der Waals surface area contributed by atoms with Crippen molar-refractivity contribution in [3.63, 3.8) is 0 Å². The monoisotopic (exact) mass is 415 g/mol. The maximum atomic E-state index is 10.1. The van der Waals surface area contributed by atoms with Crippen LogP contribution in [0.4, 0.5) is 0 Å². The van der Waals surface area contributed by atoms with Gasteiger partial charge in [-0.3, -0.25) is 0 Å². The predicted molar refractivity (Wildman–Crippen MR) is 87.8 cm³/mol. The molecule has 1 aromatic carbocycles. The minimum absolute atomic E-state index is 0. The topological polar surface area (TPSA) is 66.5 Å². The normalized spacial score (nSPS) is 14.1. The van der Waals surface area contributed by atoms with Crippen LogP contribution in [0, 0.1) is 5.92 Å². The summed E-state index contributed by atoms with van der Waals surface area (Å²) in [7, 11) is 0. The van der Waals surface area contributed by atoms with Crippen LogP contribution in [0.5, 0.6) is 5.75 Å². The van der Waals surface area contributed by atoms with Gasteiger partial charge < -0.3 is 15.9 Å². The van der Waals surface area contributed by atoms with Crippen molar-refractivity contribution in [1.29, 1.82) is 0 Å². The van der Waals surface area contributed by atoms with E-state index >= 15 is 0 Å². The summed E-state index contributed by atoms with van der Waals surface area (Å²) in [6.45, 7) is 4.23. The van der Waals surface area contributed by atoms with Crippen molar-refractivity contribution in [3.8, 4) is 5.75 Å². The molecule has 0 radical (unpaired) electrons. The number of benzene rings is 1. The Bertz CT molecular complexity index is 393. The average molecular weight is 418 g/mol. The number of hydrogen-bond acceptors (Lipinski definition) is 3. The summed E-state index contributed by atoms with van der Waals surface area (Å²) in [6.07, 6.45) is 1.04. The van der Waals surface area contributed by atoms with Gasteiger partial charge in [0.25, 0.3) is 0 Å². The molecule has 1 rings (SSSR count). The molecule has 0 bridgehead atoms. The molecule has 0 aliphatic heterocycles. The van der Waals surface area contributed by atoms with Gasteiger partial charge in [0.1, 0.15) is 5.75 Å². The summed E-state index contributed by atoms with van der Waals surface area (Å²) in [4.78, 5) is 0. The largest absolute Gasteiger partial charge is 0.506 e. The van der Waals surface area contributed by atoms with Crippen LogP contribution in [0.25, 0.3) is 0 Å². The van der Waals surface area contributed by atoms with E-state index in [0.717, 1.165) is 12.0 Å². The third-order valence-corrected chi connectivity index (χ3v) is 4.09. The summed E-state index contributed by atoms with van der Waals surface area (Å²) in [6, 6.07) is 3.03. The van der Waals surface area contributed by atoms with Gasteiger partial charge in [-0.2, -0.15) is 0 Å². The van der Waals surface area contributed by atoms with E-state index in [2.05, 4.69) is 45.7 Å². The lowest BCUT2D eigenvalue weighted by molar-refractivity contribution is 0.128. The Morgan fingerprint density at radius 3 is 2.05 bits per heavy atom. The van der Waals surface area contributed by atoms with Gasteiger partial charge >= 0.3 is 0 Å². The number of phenols is 1. The molecule has 110 valence electrons. The molecule has 4 N–H and O–H groups in total. The Labute approximate surface area is 137 Å².